The molecule has 0 aromatic carbocycles. The summed E-state index contributed by atoms with van der Waals surface area (Å²) in [4.78, 5) is 26.4. The number of fused-ring (bicyclic) bond motifs is 6. The number of carbonyl (C=O) groups excluding carboxylic acids is 2. The summed E-state index contributed by atoms with van der Waals surface area (Å²) in [6.45, 7) is 8.84. The fraction of sp³-hybridized carbons (Fsp3) is 0.864. The molecule has 58 heavy (non-hydrogen) atoms. The molecule has 11 fully saturated rings. The zero-order chi connectivity index (χ0) is 40.3. The van der Waals surface area contributed by atoms with Crippen LogP contribution in [0.4, 0.5) is 0 Å². The first-order valence-electron chi connectivity index (χ1n) is 22.2. The van der Waals surface area contributed by atoms with Gasteiger partial charge in [0.25, 0.3) is 0 Å². The first kappa shape index (κ1) is 41.5. The first-order chi connectivity index (χ1) is 28.0. The highest BCUT2D eigenvalue weighted by Gasteiger charge is 2.73. The third-order valence-corrected chi connectivity index (χ3v) is 15.1. The van der Waals surface area contributed by atoms with Gasteiger partial charge in [0.15, 0.2) is 5.79 Å². The summed E-state index contributed by atoms with van der Waals surface area (Å²) in [7, 11) is 3.26. The Bertz CT molecular complexity index is 1540. The van der Waals surface area contributed by atoms with Crippen LogP contribution in [0.3, 0.4) is 0 Å². The number of hydrogen-bond acceptors (Lipinski definition) is 13. The standard InChI is InChI=1S/C44H65NO13/c1-22-5-6-25-7-9-30-23(2)15-27(53-30)11-13-44(49)20-35-37-41-38(42(37)57-35)43(58-44)40-31(56-41)10-8-26(54-40)16-24(47)17-29-33(19-32(22)52-25)55-34(39(29)51-4)18-28(50-3)21-45-36(48)12-14-46/h25-35,37-43,46,49H,1-2,5-21H2,3-4H3,(H,45,48)/t25-,26-,27+,28+,29+,30+,31+,32-,33+,34-,35-,37+,38+,39-,40+,41?,42-,43-,44+/m1/s1. The number of hydrogen-bond donors (Lipinski definition) is 3. The van der Waals surface area contributed by atoms with Gasteiger partial charge in [-0.15, -0.1) is 0 Å². The van der Waals surface area contributed by atoms with Crippen LogP contribution >= 0.6 is 0 Å². The maximum Gasteiger partial charge on any atom is 0.222 e. The molecule has 1 aliphatic carbocycles. The third-order valence-electron chi connectivity index (χ3n) is 15.1. The van der Waals surface area contributed by atoms with Crippen LogP contribution in [0.5, 0.6) is 0 Å². The van der Waals surface area contributed by atoms with Gasteiger partial charge in [-0.1, -0.05) is 13.2 Å². The Morgan fingerprint density at radius 1 is 0.828 bits per heavy atom. The van der Waals surface area contributed by atoms with Crippen LogP contribution < -0.4 is 5.32 Å². The molecule has 13 bridgehead atoms. The highest BCUT2D eigenvalue weighted by molar-refractivity contribution is 5.79. The Morgan fingerprint density at radius 3 is 2.40 bits per heavy atom. The molecule has 0 spiro atoms. The number of nitrogens with one attached hydrogen (secondary N) is 1. The summed E-state index contributed by atoms with van der Waals surface area (Å²) in [6.07, 6.45) is 5.24. The normalized spacial score (nSPS) is 48.1. The van der Waals surface area contributed by atoms with Crippen LogP contribution in [0.1, 0.15) is 96.3 Å². The minimum Gasteiger partial charge on any atom is -0.396 e. The number of methoxy groups -OCH3 is 2. The van der Waals surface area contributed by atoms with Crippen molar-refractivity contribution < 1.29 is 62.4 Å². The SMILES string of the molecule is C=C1C[C@@H]2CC[C@@]3(O)C[C@H]4O[C@H]5[C@@H]6C(O[C@H]7CC[C@H](CC(=O)C[C@@H]8[C@@H](OC)[C@@H](C[C@@H](CNC(=O)CCO)OC)O[C@H]8C[C@H]8O[C@H](CCC8=C)CC[C@@H]1O2)O[C@@H]7[C@@H]6O3)[C@@H]54. The second kappa shape index (κ2) is 17.2. The van der Waals surface area contributed by atoms with Crippen molar-refractivity contribution in [1.29, 1.82) is 0 Å². The van der Waals surface area contributed by atoms with Crippen LogP contribution in [-0.2, 0) is 52.2 Å². The largest absolute Gasteiger partial charge is 0.396 e. The van der Waals surface area contributed by atoms with Crippen molar-refractivity contribution in [3.8, 4) is 0 Å². The Labute approximate surface area is 341 Å². The van der Waals surface area contributed by atoms with Crippen molar-refractivity contribution >= 4 is 11.7 Å². The van der Waals surface area contributed by atoms with Gasteiger partial charge in [-0.25, -0.2) is 0 Å². The Kier molecular flexibility index (Phi) is 12.3. The molecule has 3 N–H and O–H groups in total. The van der Waals surface area contributed by atoms with Crippen molar-refractivity contribution in [1.82, 2.24) is 5.32 Å². The van der Waals surface area contributed by atoms with Gasteiger partial charge in [-0.2, -0.15) is 0 Å². The second-order valence-electron chi connectivity index (χ2n) is 18.8. The molecule has 0 aromatic heterocycles. The molecule has 0 aromatic rings. The highest BCUT2D eigenvalue weighted by Crippen LogP contribution is 2.61. The lowest BCUT2D eigenvalue weighted by atomic mass is 9.56. The van der Waals surface area contributed by atoms with E-state index in [0.29, 0.717) is 38.5 Å². The third kappa shape index (κ3) is 8.14. The summed E-state index contributed by atoms with van der Waals surface area (Å²) >= 11 is 0. The van der Waals surface area contributed by atoms with Crippen LogP contribution in [0.15, 0.2) is 24.3 Å². The van der Waals surface area contributed by atoms with Gasteiger partial charge in [-0.3, -0.25) is 9.59 Å². The van der Waals surface area contributed by atoms with E-state index in [1.165, 1.54) is 0 Å². The first-order valence-corrected chi connectivity index (χ1v) is 22.2. The maximum absolute atomic E-state index is 14.2. The summed E-state index contributed by atoms with van der Waals surface area (Å²) in [6, 6.07) is 0. The van der Waals surface area contributed by atoms with E-state index in [1.807, 2.05) is 0 Å². The van der Waals surface area contributed by atoms with Crippen molar-refractivity contribution in [3.05, 3.63) is 24.3 Å². The maximum atomic E-state index is 14.2. The average Bonchev–Trinajstić information content (AvgIpc) is 3.70. The number of carbonyl (C=O) groups is 2. The van der Waals surface area contributed by atoms with Crippen LogP contribution in [0.25, 0.3) is 0 Å². The molecular formula is C44H65NO13. The molecule has 14 heteroatoms. The second-order valence-corrected chi connectivity index (χ2v) is 18.8. The molecule has 14 nitrogen and oxygen atoms in total. The molecule has 1 saturated carbocycles. The number of aliphatic hydroxyl groups excluding tert-OH is 1. The summed E-state index contributed by atoms with van der Waals surface area (Å²) in [5.41, 5.74) is 2.11. The monoisotopic (exact) mass is 815 g/mol. The smallest absolute Gasteiger partial charge is 0.222 e. The van der Waals surface area contributed by atoms with Gasteiger partial charge in [0.2, 0.25) is 5.91 Å². The number of ether oxygens (including phenoxy) is 9. The van der Waals surface area contributed by atoms with E-state index in [-0.39, 0.29) is 129 Å². The summed E-state index contributed by atoms with van der Waals surface area (Å²) in [5.74, 6) is -1.60. The van der Waals surface area contributed by atoms with Crippen molar-refractivity contribution in [3.63, 3.8) is 0 Å². The molecular weight excluding hydrogens is 750 g/mol. The molecule has 324 valence electrons. The van der Waals surface area contributed by atoms with E-state index in [1.54, 1.807) is 14.2 Å². The van der Waals surface area contributed by atoms with Gasteiger partial charge < -0.3 is 58.2 Å². The number of ketones is 1. The van der Waals surface area contributed by atoms with E-state index in [0.717, 1.165) is 49.7 Å². The van der Waals surface area contributed by atoms with Gasteiger partial charge in [-0.05, 0) is 62.5 Å². The summed E-state index contributed by atoms with van der Waals surface area (Å²) in [5, 5.41) is 24.2. The predicted octanol–water partition coefficient (Wildman–Crippen LogP) is 3.23. The minimum atomic E-state index is -1.39. The molecule has 11 rings (SSSR count). The minimum absolute atomic E-state index is 0.0183. The fourth-order valence-electron chi connectivity index (χ4n) is 12.0. The lowest BCUT2D eigenvalue weighted by Gasteiger charge is -2.70. The lowest BCUT2D eigenvalue weighted by Crippen LogP contribution is -2.81. The quantitative estimate of drug-likeness (QED) is 0.306. The zero-order valence-electron chi connectivity index (χ0n) is 34.2. The predicted molar refractivity (Wildman–Crippen MR) is 206 cm³/mol. The molecule has 1 amide bonds. The van der Waals surface area contributed by atoms with Crippen LogP contribution in [0, 0.1) is 17.8 Å². The lowest BCUT2D eigenvalue weighted by molar-refractivity contribution is -0.444. The zero-order valence-corrected chi connectivity index (χ0v) is 34.2. The highest BCUT2D eigenvalue weighted by atomic mass is 16.7. The topological polar surface area (TPSA) is 170 Å². The number of Topliss-reactive ketones (excluding diaryl/α,β-unsaturated/α-hetero) is 1. The Balaban J connectivity index is 0.962. The number of rotatable bonds is 8. The van der Waals surface area contributed by atoms with E-state index >= 15 is 0 Å². The van der Waals surface area contributed by atoms with Gasteiger partial charge in [0.05, 0.1) is 92.1 Å². The Hall–Kier alpha value is -1.82. The molecule has 19 atom stereocenters. The van der Waals surface area contributed by atoms with Gasteiger partial charge in [0.1, 0.15) is 11.9 Å². The van der Waals surface area contributed by atoms with E-state index < -0.39 is 30.2 Å². The van der Waals surface area contributed by atoms with E-state index in [2.05, 4.69) is 18.5 Å². The molecule has 1 unspecified atom stereocenters. The van der Waals surface area contributed by atoms with Crippen molar-refractivity contribution in [2.24, 2.45) is 17.8 Å². The summed E-state index contributed by atoms with van der Waals surface area (Å²) < 4.78 is 58.9. The number of amides is 1. The van der Waals surface area contributed by atoms with Gasteiger partial charge in [0, 0.05) is 83.5 Å². The molecule has 11 aliphatic rings. The Morgan fingerprint density at radius 2 is 1.60 bits per heavy atom. The van der Waals surface area contributed by atoms with Crippen molar-refractivity contribution in [2.45, 2.75) is 194 Å². The molecule has 10 saturated heterocycles. The van der Waals surface area contributed by atoms with E-state index in [4.69, 9.17) is 42.6 Å². The van der Waals surface area contributed by atoms with Crippen LogP contribution in [0.2, 0.25) is 0 Å². The van der Waals surface area contributed by atoms with Crippen LogP contribution in [-0.4, -0.2) is 147 Å². The number of aliphatic hydroxyl groups is 2. The molecule has 10 heterocycles. The van der Waals surface area contributed by atoms with Gasteiger partial charge >= 0.3 is 0 Å². The fourth-order valence-corrected chi connectivity index (χ4v) is 12.0. The molecule has 0 radical (unpaired) electrons. The van der Waals surface area contributed by atoms with E-state index in [9.17, 15) is 19.8 Å². The van der Waals surface area contributed by atoms with Crippen molar-refractivity contribution in [2.75, 3.05) is 27.4 Å². The molecule has 10 aliphatic heterocycles. The average molecular weight is 816 g/mol.